The van der Waals surface area contributed by atoms with Gasteiger partial charge in [-0.2, -0.15) is 28.4 Å². The molecule has 0 spiro atoms. The van der Waals surface area contributed by atoms with Crippen molar-refractivity contribution in [2.45, 2.75) is 50.5 Å². The Bertz CT molecular complexity index is 1380. The Kier molecular flexibility index (Phi) is 8.54. The van der Waals surface area contributed by atoms with Gasteiger partial charge in [-0.05, 0) is 51.1 Å². The Hall–Kier alpha value is -3.92. The fraction of sp³-hybridized carbons (Fsp3) is 0.517. The van der Waals surface area contributed by atoms with Crippen LogP contribution in [0.15, 0.2) is 30.9 Å². The Labute approximate surface area is 242 Å². The van der Waals surface area contributed by atoms with Crippen molar-refractivity contribution >= 4 is 17.4 Å². The predicted molar refractivity (Wildman–Crippen MR) is 147 cm³/mol. The van der Waals surface area contributed by atoms with E-state index in [4.69, 9.17) is 9.72 Å². The molecule has 4 heterocycles. The van der Waals surface area contributed by atoms with Crippen LogP contribution in [0.1, 0.15) is 36.1 Å². The minimum atomic E-state index is -4.86. The lowest BCUT2D eigenvalue weighted by molar-refractivity contribution is -0.139. The first-order chi connectivity index (χ1) is 20.1. The molecule has 0 aliphatic carbocycles. The molecule has 0 radical (unpaired) electrons. The monoisotopic (exact) mass is 587 g/mol. The molecule has 1 aromatic carbocycles. The molecule has 2 aromatic rings. The van der Waals surface area contributed by atoms with Crippen LogP contribution in [0.2, 0.25) is 0 Å². The van der Waals surface area contributed by atoms with Crippen LogP contribution in [0.4, 0.5) is 29.1 Å². The van der Waals surface area contributed by atoms with E-state index in [0.717, 1.165) is 31.0 Å². The number of nitrogens with zero attached hydrogens (tertiary/aromatic N) is 7. The third kappa shape index (κ3) is 5.99. The largest absolute Gasteiger partial charge is 0.462 e. The number of likely N-dealkylation sites (tertiary alicyclic amines) is 1. The highest BCUT2D eigenvalue weighted by molar-refractivity contribution is 5.87. The first-order valence-corrected chi connectivity index (χ1v) is 14.0. The normalized spacial score (nSPS) is 21.2. The molecule has 9 nitrogen and oxygen atoms in total. The second-order valence-corrected chi connectivity index (χ2v) is 10.8. The molecule has 5 rings (SSSR count). The van der Waals surface area contributed by atoms with Crippen LogP contribution in [0.25, 0.3) is 0 Å². The number of amides is 1. The fourth-order valence-corrected chi connectivity index (χ4v) is 6.07. The first-order valence-electron chi connectivity index (χ1n) is 14.0. The van der Waals surface area contributed by atoms with Gasteiger partial charge in [-0.1, -0.05) is 12.6 Å². The summed E-state index contributed by atoms with van der Waals surface area (Å²) in [5.41, 5.74) is -0.277. The molecular formula is C29H33F4N7O2. The highest BCUT2D eigenvalue weighted by Gasteiger charge is 2.40. The number of anilines is 2. The van der Waals surface area contributed by atoms with E-state index in [2.05, 4.69) is 22.5 Å². The average Bonchev–Trinajstić information content (AvgIpc) is 3.38. The summed E-state index contributed by atoms with van der Waals surface area (Å²) in [5.74, 6) is -0.997. The van der Waals surface area contributed by atoms with Gasteiger partial charge in [-0.25, -0.2) is 4.39 Å². The van der Waals surface area contributed by atoms with E-state index in [1.54, 1.807) is 4.90 Å². The highest BCUT2D eigenvalue weighted by Crippen LogP contribution is 2.40. The molecule has 0 bridgehead atoms. The lowest BCUT2D eigenvalue weighted by Gasteiger charge is -2.42. The van der Waals surface area contributed by atoms with Crippen molar-refractivity contribution in [3.05, 3.63) is 53.5 Å². The zero-order valence-electron chi connectivity index (χ0n) is 23.4. The van der Waals surface area contributed by atoms with Gasteiger partial charge in [0.05, 0.1) is 36.5 Å². The molecule has 13 heteroatoms. The Morgan fingerprint density at radius 3 is 2.69 bits per heavy atom. The maximum Gasteiger partial charge on any atom is 0.421 e. The Morgan fingerprint density at radius 2 is 2.00 bits per heavy atom. The zero-order valence-corrected chi connectivity index (χ0v) is 23.4. The Morgan fingerprint density at radius 1 is 1.19 bits per heavy atom. The van der Waals surface area contributed by atoms with Crippen LogP contribution in [-0.4, -0.2) is 84.1 Å². The number of rotatable bonds is 7. The van der Waals surface area contributed by atoms with Crippen LogP contribution in [0, 0.1) is 17.1 Å². The van der Waals surface area contributed by atoms with Gasteiger partial charge in [0.15, 0.2) is 0 Å². The molecule has 0 N–H and O–H groups in total. The first kappa shape index (κ1) is 29.6. The summed E-state index contributed by atoms with van der Waals surface area (Å²) >= 11 is 0. The maximum atomic E-state index is 14.4. The molecular weight excluding hydrogens is 554 g/mol. The number of fused-ring (bicyclic) bond motifs is 1. The van der Waals surface area contributed by atoms with Gasteiger partial charge in [0, 0.05) is 37.8 Å². The van der Waals surface area contributed by atoms with Crippen molar-refractivity contribution in [1.82, 2.24) is 19.8 Å². The minimum Gasteiger partial charge on any atom is -0.462 e. The molecule has 0 unspecified atom stereocenters. The average molecular weight is 588 g/mol. The molecule has 3 aliphatic rings. The number of nitriles is 1. The van der Waals surface area contributed by atoms with Gasteiger partial charge in [-0.3, -0.25) is 4.79 Å². The summed E-state index contributed by atoms with van der Waals surface area (Å²) in [6, 6.07) is 5.42. The molecule has 42 heavy (non-hydrogen) atoms. The smallest absolute Gasteiger partial charge is 0.421 e. The molecule has 1 aromatic heterocycles. The number of halogens is 4. The van der Waals surface area contributed by atoms with Crippen LogP contribution < -0.4 is 14.5 Å². The number of alkyl halides is 3. The maximum absolute atomic E-state index is 14.4. The molecule has 3 aliphatic heterocycles. The quantitative estimate of drug-likeness (QED) is 0.357. The van der Waals surface area contributed by atoms with E-state index in [0.29, 0.717) is 44.2 Å². The molecule has 2 atom stereocenters. The molecule has 0 saturated carbocycles. The van der Waals surface area contributed by atoms with Crippen molar-refractivity contribution in [2.75, 3.05) is 56.2 Å². The highest BCUT2D eigenvalue weighted by atomic mass is 19.4. The van der Waals surface area contributed by atoms with Crippen molar-refractivity contribution < 1.29 is 27.1 Å². The van der Waals surface area contributed by atoms with Gasteiger partial charge >= 0.3 is 12.2 Å². The number of carbonyl (C=O) groups excluding carboxylic acids is 1. The number of carbonyl (C=O) groups is 1. The summed E-state index contributed by atoms with van der Waals surface area (Å²) in [6.45, 7) is 6.21. The van der Waals surface area contributed by atoms with Crippen LogP contribution >= 0.6 is 0 Å². The predicted octanol–water partition coefficient (Wildman–Crippen LogP) is 3.79. The number of hydrogen-bond donors (Lipinski definition) is 0. The number of piperazine rings is 1. The third-order valence-corrected chi connectivity index (χ3v) is 8.28. The second kappa shape index (κ2) is 12.1. The Balaban J connectivity index is 1.49. The minimum absolute atomic E-state index is 0.00756. The zero-order chi connectivity index (χ0) is 30.0. The van der Waals surface area contributed by atoms with E-state index >= 15 is 0 Å². The van der Waals surface area contributed by atoms with Crippen molar-refractivity contribution in [3.63, 3.8) is 0 Å². The standard InChI is InChI=1S/C29H33F4N7O2/c1-3-25(41)40-15-14-39(16-19(40)9-11-34)27-21-10-13-38(24-8-4-7-22(30)26(24)29(31,32)33)17-23(21)35-28(36-27)42-18-20-6-5-12-37(20)2/h3-4,7-8,19-20H,1,5-6,9-10,12-18H2,2H3/t19-,20+/m0/s1. The summed E-state index contributed by atoms with van der Waals surface area (Å²) in [5, 5.41) is 9.42. The molecule has 1 amide bonds. The number of aromatic nitrogens is 2. The summed E-state index contributed by atoms with van der Waals surface area (Å²) in [4.78, 5) is 29.1. The number of hydrogen-bond acceptors (Lipinski definition) is 8. The molecule has 2 saturated heterocycles. The third-order valence-electron chi connectivity index (χ3n) is 8.28. The van der Waals surface area contributed by atoms with Gasteiger partial charge < -0.3 is 24.3 Å². The number of ether oxygens (including phenoxy) is 1. The topological polar surface area (TPSA) is 88.8 Å². The summed E-state index contributed by atoms with van der Waals surface area (Å²) < 4.78 is 62.0. The van der Waals surface area contributed by atoms with E-state index in [1.165, 1.54) is 23.1 Å². The van der Waals surface area contributed by atoms with Gasteiger partial charge in [-0.15, -0.1) is 0 Å². The lowest BCUT2D eigenvalue weighted by atomic mass is 10.0. The van der Waals surface area contributed by atoms with E-state index in [9.17, 15) is 27.6 Å². The molecule has 224 valence electrons. The SMILES string of the molecule is C=CC(=O)N1CCN(c2nc(OC[C@H]3CCCN3C)nc3c2CCN(c2cccc(F)c2C(F)(F)F)C3)C[C@@H]1CC#N. The van der Waals surface area contributed by atoms with Crippen molar-refractivity contribution in [1.29, 1.82) is 5.26 Å². The summed E-state index contributed by atoms with van der Waals surface area (Å²) in [7, 11) is 2.02. The number of likely N-dealkylation sites (N-methyl/N-ethyl adjacent to an activating group) is 1. The van der Waals surface area contributed by atoms with Gasteiger partial charge in [0.25, 0.3) is 0 Å². The second-order valence-electron chi connectivity index (χ2n) is 10.8. The van der Waals surface area contributed by atoms with E-state index < -0.39 is 23.6 Å². The molecule has 2 fully saturated rings. The van der Waals surface area contributed by atoms with Gasteiger partial charge in [0.1, 0.15) is 23.8 Å². The van der Waals surface area contributed by atoms with Gasteiger partial charge in [0.2, 0.25) is 5.91 Å². The van der Waals surface area contributed by atoms with E-state index in [1.807, 2.05) is 11.9 Å². The van der Waals surface area contributed by atoms with Crippen LogP contribution in [0.3, 0.4) is 0 Å². The fourth-order valence-electron chi connectivity index (χ4n) is 6.07. The van der Waals surface area contributed by atoms with Crippen LogP contribution in [0.5, 0.6) is 6.01 Å². The lowest BCUT2D eigenvalue weighted by Crippen LogP contribution is -2.55. The van der Waals surface area contributed by atoms with E-state index in [-0.39, 0.29) is 43.2 Å². The van der Waals surface area contributed by atoms with Crippen molar-refractivity contribution in [3.8, 4) is 12.1 Å². The van der Waals surface area contributed by atoms with Crippen molar-refractivity contribution in [2.24, 2.45) is 0 Å². The number of benzene rings is 1. The summed E-state index contributed by atoms with van der Waals surface area (Å²) in [6.07, 6.45) is -1.17. The van der Waals surface area contributed by atoms with Crippen LogP contribution in [-0.2, 0) is 23.9 Å².